The fourth-order valence-electron chi connectivity index (χ4n) is 1.81. The molecule has 1 heterocycles. The Morgan fingerprint density at radius 2 is 2.09 bits per heavy atom. The number of hydrogen-bond acceptors (Lipinski definition) is 5. The summed E-state index contributed by atoms with van der Waals surface area (Å²) in [6.45, 7) is 0. The third-order valence-electron chi connectivity index (χ3n) is 2.82. The van der Waals surface area contributed by atoms with Crippen molar-refractivity contribution >= 4 is 11.8 Å². The van der Waals surface area contributed by atoms with Crippen LogP contribution in [-0.2, 0) is 0 Å². The van der Waals surface area contributed by atoms with E-state index in [1.54, 1.807) is 12.1 Å². The molecule has 0 amide bonds. The number of hydrazine groups is 1. The molecule has 0 radical (unpaired) electrons. The van der Waals surface area contributed by atoms with Crippen molar-refractivity contribution in [2.45, 2.75) is 0 Å². The van der Waals surface area contributed by atoms with Gasteiger partial charge in [-0.25, -0.2) is 20.1 Å². The molecule has 0 saturated heterocycles. The first kappa shape index (κ1) is 15.4. The lowest BCUT2D eigenvalue weighted by molar-refractivity contribution is 0.0696. The van der Waals surface area contributed by atoms with E-state index in [9.17, 15) is 9.18 Å². The molecule has 0 saturated carbocycles. The van der Waals surface area contributed by atoms with Crippen molar-refractivity contribution < 1.29 is 14.3 Å². The largest absolute Gasteiger partial charge is 0.478 e. The van der Waals surface area contributed by atoms with Gasteiger partial charge in [0.15, 0.2) is 5.84 Å². The van der Waals surface area contributed by atoms with Crippen LogP contribution in [0.1, 0.15) is 16.1 Å². The number of halogens is 1. The molecule has 7 nitrogen and oxygen atoms in total. The Hall–Kier alpha value is -3.00. The summed E-state index contributed by atoms with van der Waals surface area (Å²) in [5.41, 5.74) is 6.71. The van der Waals surface area contributed by atoms with Crippen LogP contribution in [0, 0.1) is 5.82 Å². The van der Waals surface area contributed by atoms with Crippen LogP contribution in [0.5, 0.6) is 0 Å². The SMILES string of the molecule is CN(N)/N=C(\N)c1ccc(-c2ccc(C(=O)O)cc2F)cn1. The minimum Gasteiger partial charge on any atom is -0.478 e. The van der Waals surface area contributed by atoms with E-state index in [2.05, 4.69) is 10.1 Å². The topological polar surface area (TPSA) is 118 Å². The number of hydrazone groups is 1. The van der Waals surface area contributed by atoms with Crippen LogP contribution in [0.2, 0.25) is 0 Å². The maximum Gasteiger partial charge on any atom is 0.335 e. The van der Waals surface area contributed by atoms with Crippen molar-refractivity contribution in [3.63, 3.8) is 0 Å². The summed E-state index contributed by atoms with van der Waals surface area (Å²) in [5.74, 6) is 3.65. The van der Waals surface area contributed by atoms with Crippen LogP contribution in [0.25, 0.3) is 11.1 Å². The highest BCUT2D eigenvalue weighted by Crippen LogP contribution is 2.23. The monoisotopic (exact) mass is 303 g/mol. The van der Waals surface area contributed by atoms with Crippen LogP contribution < -0.4 is 11.6 Å². The molecular weight excluding hydrogens is 289 g/mol. The van der Waals surface area contributed by atoms with Gasteiger partial charge >= 0.3 is 5.97 Å². The van der Waals surface area contributed by atoms with E-state index in [1.165, 1.54) is 25.4 Å². The van der Waals surface area contributed by atoms with Gasteiger partial charge in [0.2, 0.25) is 0 Å². The molecule has 0 fully saturated rings. The Morgan fingerprint density at radius 1 is 1.36 bits per heavy atom. The summed E-state index contributed by atoms with van der Waals surface area (Å²) < 4.78 is 14.0. The van der Waals surface area contributed by atoms with Crippen LogP contribution >= 0.6 is 0 Å². The molecular formula is C14H14FN5O2. The van der Waals surface area contributed by atoms with E-state index in [0.717, 1.165) is 11.2 Å². The molecule has 0 bridgehead atoms. The van der Waals surface area contributed by atoms with Crippen LogP contribution in [0.4, 0.5) is 4.39 Å². The van der Waals surface area contributed by atoms with Crippen molar-refractivity contribution in [2.24, 2.45) is 16.7 Å². The first-order valence-corrected chi connectivity index (χ1v) is 6.20. The van der Waals surface area contributed by atoms with Gasteiger partial charge in [-0.1, -0.05) is 12.1 Å². The first-order chi connectivity index (χ1) is 10.4. The van der Waals surface area contributed by atoms with Crippen LogP contribution in [-0.4, -0.2) is 34.1 Å². The second-order valence-electron chi connectivity index (χ2n) is 4.49. The number of carbonyl (C=O) groups is 1. The molecule has 5 N–H and O–H groups in total. The van der Waals surface area contributed by atoms with Gasteiger partial charge in [0.25, 0.3) is 0 Å². The number of amidine groups is 1. The zero-order chi connectivity index (χ0) is 16.3. The molecule has 0 aliphatic rings. The summed E-state index contributed by atoms with van der Waals surface area (Å²) in [6.07, 6.45) is 1.42. The quantitative estimate of drug-likeness (QED) is 0.336. The third-order valence-corrected chi connectivity index (χ3v) is 2.82. The highest BCUT2D eigenvalue weighted by atomic mass is 19.1. The smallest absolute Gasteiger partial charge is 0.335 e. The standard InChI is InChI=1S/C14H14FN5O2/c1-20(17)19-13(16)12-5-3-9(7-18-12)10-4-2-8(14(21)22)6-11(10)15/h2-7H,17H2,1H3,(H2,16,19)(H,21,22). The fraction of sp³-hybridized carbons (Fsp3) is 0.0714. The number of rotatable bonds is 4. The number of nitrogens with zero attached hydrogens (tertiary/aromatic N) is 3. The molecule has 0 unspecified atom stereocenters. The van der Waals surface area contributed by atoms with E-state index in [0.29, 0.717) is 11.3 Å². The zero-order valence-corrected chi connectivity index (χ0v) is 11.7. The minimum atomic E-state index is -1.19. The Labute approximate surface area is 125 Å². The summed E-state index contributed by atoms with van der Waals surface area (Å²) in [6, 6.07) is 6.86. The van der Waals surface area contributed by atoms with E-state index in [-0.39, 0.29) is 17.0 Å². The van der Waals surface area contributed by atoms with Crippen molar-refractivity contribution in [3.8, 4) is 11.1 Å². The summed E-state index contributed by atoms with van der Waals surface area (Å²) in [5, 5.41) is 13.7. The van der Waals surface area contributed by atoms with E-state index in [4.69, 9.17) is 16.7 Å². The Morgan fingerprint density at radius 3 is 2.59 bits per heavy atom. The van der Waals surface area contributed by atoms with Crippen molar-refractivity contribution in [2.75, 3.05) is 7.05 Å². The maximum absolute atomic E-state index is 14.0. The van der Waals surface area contributed by atoms with Gasteiger partial charge in [-0.05, 0) is 18.2 Å². The third kappa shape index (κ3) is 3.36. The summed E-state index contributed by atoms with van der Waals surface area (Å²) in [7, 11) is 1.51. The molecule has 1 aromatic carbocycles. The highest BCUT2D eigenvalue weighted by molar-refractivity contribution is 5.95. The summed E-state index contributed by atoms with van der Waals surface area (Å²) >= 11 is 0. The number of carboxylic acids is 1. The number of pyridine rings is 1. The van der Waals surface area contributed by atoms with Crippen molar-refractivity contribution in [3.05, 3.63) is 53.6 Å². The molecule has 1 aromatic heterocycles. The number of carboxylic acid groups (broad SMARTS) is 1. The number of nitrogens with two attached hydrogens (primary N) is 2. The average Bonchev–Trinajstić information content (AvgIpc) is 2.46. The Bertz CT molecular complexity index is 729. The predicted molar refractivity (Wildman–Crippen MR) is 79.3 cm³/mol. The van der Waals surface area contributed by atoms with Gasteiger partial charge in [0, 0.05) is 24.4 Å². The Balaban J connectivity index is 2.33. The second-order valence-corrected chi connectivity index (χ2v) is 4.49. The van der Waals surface area contributed by atoms with Gasteiger partial charge in [0.05, 0.1) is 5.56 Å². The lowest BCUT2D eigenvalue weighted by atomic mass is 10.0. The maximum atomic E-state index is 14.0. The number of aromatic carboxylic acids is 1. The lowest BCUT2D eigenvalue weighted by Crippen LogP contribution is -2.26. The molecule has 2 rings (SSSR count). The molecule has 0 aliphatic heterocycles. The van der Waals surface area contributed by atoms with Gasteiger partial charge < -0.3 is 10.8 Å². The summed E-state index contributed by atoms with van der Waals surface area (Å²) in [4.78, 5) is 14.9. The van der Waals surface area contributed by atoms with Crippen LogP contribution in [0.15, 0.2) is 41.6 Å². The van der Waals surface area contributed by atoms with Gasteiger partial charge in [-0.2, -0.15) is 0 Å². The predicted octanol–water partition coefficient (Wildman–Crippen LogP) is 1.01. The van der Waals surface area contributed by atoms with Gasteiger partial charge in [0.1, 0.15) is 11.5 Å². The molecule has 8 heteroatoms. The minimum absolute atomic E-state index is 0.117. The Kier molecular flexibility index (Phi) is 4.33. The van der Waals surface area contributed by atoms with Gasteiger partial charge in [-0.3, -0.25) is 4.98 Å². The number of benzene rings is 1. The molecule has 0 spiro atoms. The molecule has 0 aliphatic carbocycles. The molecule has 22 heavy (non-hydrogen) atoms. The zero-order valence-electron chi connectivity index (χ0n) is 11.7. The van der Waals surface area contributed by atoms with Crippen LogP contribution in [0.3, 0.4) is 0 Å². The van der Waals surface area contributed by atoms with Crippen molar-refractivity contribution in [1.29, 1.82) is 0 Å². The normalized spacial score (nSPS) is 11.3. The highest BCUT2D eigenvalue weighted by Gasteiger charge is 2.11. The molecule has 114 valence electrons. The van der Waals surface area contributed by atoms with E-state index in [1.807, 2.05) is 0 Å². The molecule has 0 atom stereocenters. The molecule has 2 aromatic rings. The van der Waals surface area contributed by atoms with Gasteiger partial charge in [-0.15, -0.1) is 5.10 Å². The van der Waals surface area contributed by atoms with E-state index < -0.39 is 11.8 Å². The average molecular weight is 303 g/mol. The fourth-order valence-corrected chi connectivity index (χ4v) is 1.81. The van der Waals surface area contributed by atoms with Crippen molar-refractivity contribution in [1.82, 2.24) is 10.1 Å². The number of aromatic nitrogens is 1. The second kappa shape index (κ2) is 6.19. The lowest BCUT2D eigenvalue weighted by Gasteiger charge is -2.08. The number of hydrogen-bond donors (Lipinski definition) is 3. The van der Waals surface area contributed by atoms with E-state index >= 15 is 0 Å². The first-order valence-electron chi connectivity index (χ1n) is 6.20.